The lowest BCUT2D eigenvalue weighted by molar-refractivity contribution is -0.192. The lowest BCUT2D eigenvalue weighted by atomic mass is 9.72. The summed E-state index contributed by atoms with van der Waals surface area (Å²) in [6, 6.07) is 25.8. The lowest BCUT2D eigenvalue weighted by Crippen LogP contribution is -2.50. The highest BCUT2D eigenvalue weighted by molar-refractivity contribution is 7.91. The number of benzene rings is 3. The number of urea groups is 1. The van der Waals surface area contributed by atoms with Crippen LogP contribution < -0.4 is 15.0 Å². The smallest absolute Gasteiger partial charge is 0.490 e. The van der Waals surface area contributed by atoms with Crippen LogP contribution in [0.5, 0.6) is 5.75 Å². The zero-order valence-corrected chi connectivity index (χ0v) is 34.1. The van der Waals surface area contributed by atoms with Gasteiger partial charge >= 0.3 is 18.2 Å². The van der Waals surface area contributed by atoms with Crippen molar-refractivity contribution in [2.45, 2.75) is 49.1 Å². The Labute approximate surface area is 345 Å². The summed E-state index contributed by atoms with van der Waals surface area (Å²) in [5.41, 5.74) is 7.45. The molecule has 17 heteroatoms. The van der Waals surface area contributed by atoms with Crippen molar-refractivity contribution >= 4 is 50.2 Å². The fraction of sp³-hybridized carbons (Fsp3) is 0.349. The second kappa shape index (κ2) is 16.6. The molecule has 0 saturated carbocycles. The van der Waals surface area contributed by atoms with Gasteiger partial charge in [0.25, 0.3) is 0 Å². The first-order chi connectivity index (χ1) is 28.5. The summed E-state index contributed by atoms with van der Waals surface area (Å²) in [6.07, 6.45) is 0.359. The molecule has 5 heterocycles. The Balaban J connectivity index is 0.000000716. The highest BCUT2D eigenvalue weighted by Crippen LogP contribution is 2.53. The van der Waals surface area contributed by atoms with Gasteiger partial charge in [-0.1, -0.05) is 60.7 Å². The van der Waals surface area contributed by atoms with E-state index in [1.807, 2.05) is 43.4 Å². The molecule has 1 spiro atoms. The third-order valence-corrected chi connectivity index (χ3v) is 13.4. The van der Waals surface area contributed by atoms with Gasteiger partial charge in [0.15, 0.2) is 0 Å². The maximum atomic E-state index is 14.3. The SMILES string of the molecule is COc1cccc(NC(=O)N2CCC3(CC2)C(=O)N(C)c2cnc4[nH]c(-c5ccc(CN6CCC(S(C)(=O)=O)CC6)cc5)c(-c5ccccc5)c4c23)c1.O=C(O)C(F)(F)F. The number of aromatic amines is 1. The molecule has 3 aliphatic heterocycles. The minimum absolute atomic E-state index is 0.0290. The van der Waals surface area contributed by atoms with Gasteiger partial charge in [-0.3, -0.25) is 9.69 Å². The third-order valence-electron chi connectivity index (χ3n) is 11.7. The first-order valence-corrected chi connectivity index (χ1v) is 21.3. The number of nitrogens with zero attached hydrogens (tertiary/aromatic N) is 4. The number of aliphatic carboxylic acids is 1. The van der Waals surface area contributed by atoms with Gasteiger partial charge in [0.1, 0.15) is 21.2 Å². The molecule has 8 rings (SSSR count). The van der Waals surface area contributed by atoms with Crippen molar-refractivity contribution in [2.75, 3.05) is 56.8 Å². The van der Waals surface area contributed by atoms with Crippen molar-refractivity contribution in [3.8, 4) is 28.1 Å². The number of alkyl halides is 3. The summed E-state index contributed by atoms with van der Waals surface area (Å²) in [5, 5.41) is 10.8. The van der Waals surface area contributed by atoms with E-state index in [0.29, 0.717) is 50.2 Å². The third kappa shape index (κ3) is 8.41. The van der Waals surface area contributed by atoms with E-state index in [4.69, 9.17) is 19.6 Å². The van der Waals surface area contributed by atoms with Gasteiger partial charge in [-0.05, 0) is 67.6 Å². The molecule has 0 aliphatic carbocycles. The van der Waals surface area contributed by atoms with E-state index in [2.05, 4.69) is 51.6 Å². The van der Waals surface area contributed by atoms with E-state index in [1.165, 1.54) is 6.26 Å². The van der Waals surface area contributed by atoms with Crippen LogP contribution in [0.25, 0.3) is 33.4 Å². The number of carbonyl (C=O) groups excluding carboxylic acids is 2. The zero-order valence-electron chi connectivity index (χ0n) is 33.3. The quantitative estimate of drug-likeness (QED) is 0.155. The maximum absolute atomic E-state index is 14.3. The number of rotatable bonds is 7. The number of likely N-dealkylation sites (N-methyl/N-ethyl adjacent to an activating group) is 1. The summed E-state index contributed by atoms with van der Waals surface area (Å²) in [7, 11) is 0.403. The zero-order chi connectivity index (χ0) is 43.0. The maximum Gasteiger partial charge on any atom is 0.490 e. The first kappa shape index (κ1) is 42.2. The predicted molar refractivity (Wildman–Crippen MR) is 222 cm³/mol. The number of hydrogen-bond acceptors (Lipinski definition) is 8. The monoisotopic (exact) mass is 846 g/mol. The minimum atomic E-state index is -5.08. The number of ether oxygens (including phenoxy) is 1. The van der Waals surface area contributed by atoms with Crippen molar-refractivity contribution in [1.82, 2.24) is 19.8 Å². The second-order valence-electron chi connectivity index (χ2n) is 15.4. The van der Waals surface area contributed by atoms with Crippen molar-refractivity contribution in [1.29, 1.82) is 0 Å². The highest BCUT2D eigenvalue weighted by Gasteiger charge is 2.53. The molecule has 0 unspecified atom stereocenters. The van der Waals surface area contributed by atoms with Crippen molar-refractivity contribution < 1.29 is 45.8 Å². The summed E-state index contributed by atoms with van der Waals surface area (Å²) in [5.74, 6) is -2.07. The van der Waals surface area contributed by atoms with E-state index in [0.717, 1.165) is 69.9 Å². The average Bonchev–Trinajstić information content (AvgIpc) is 3.71. The molecule has 60 heavy (non-hydrogen) atoms. The van der Waals surface area contributed by atoms with Crippen LogP contribution in [0, 0.1) is 0 Å². The number of anilines is 2. The van der Waals surface area contributed by atoms with Gasteiger partial charge in [-0.15, -0.1) is 0 Å². The first-order valence-electron chi connectivity index (χ1n) is 19.4. The Morgan fingerprint density at radius 1 is 0.967 bits per heavy atom. The molecule has 3 N–H and O–H groups in total. The molecule has 13 nitrogen and oxygen atoms in total. The average molecular weight is 847 g/mol. The molecule has 316 valence electrons. The van der Waals surface area contributed by atoms with Crippen LogP contribution in [0.2, 0.25) is 0 Å². The summed E-state index contributed by atoms with van der Waals surface area (Å²) in [6.45, 7) is 3.12. The number of nitrogens with one attached hydrogen (secondary N) is 2. The lowest BCUT2D eigenvalue weighted by Gasteiger charge is -2.38. The Kier molecular flexibility index (Phi) is 11.7. The molecule has 2 fully saturated rings. The van der Waals surface area contributed by atoms with Crippen molar-refractivity contribution in [3.05, 3.63) is 96.2 Å². The number of methoxy groups -OCH3 is 1. The Morgan fingerprint density at radius 2 is 1.62 bits per heavy atom. The van der Waals surface area contributed by atoms with Crippen LogP contribution in [0.3, 0.4) is 0 Å². The Morgan fingerprint density at radius 3 is 2.22 bits per heavy atom. The molecule has 0 bridgehead atoms. The van der Waals surface area contributed by atoms with E-state index in [1.54, 1.807) is 29.2 Å². The van der Waals surface area contributed by atoms with Crippen LogP contribution >= 0.6 is 0 Å². The number of H-pyrrole nitrogens is 1. The van der Waals surface area contributed by atoms with Crippen LogP contribution in [-0.2, 0) is 31.4 Å². The molecular weight excluding hydrogens is 802 g/mol. The molecular formula is C43H45F3N6O7S. The van der Waals surface area contributed by atoms with Gasteiger partial charge in [-0.25, -0.2) is 23.0 Å². The van der Waals surface area contributed by atoms with Gasteiger partial charge in [0.05, 0.1) is 35.4 Å². The molecule has 0 radical (unpaired) electrons. The predicted octanol–water partition coefficient (Wildman–Crippen LogP) is 7.09. The number of likely N-dealkylation sites (tertiary alicyclic amines) is 2. The normalized spacial score (nSPS) is 17.0. The number of carboxylic acid groups (broad SMARTS) is 1. The molecule has 3 amide bonds. The summed E-state index contributed by atoms with van der Waals surface area (Å²) in [4.78, 5) is 51.0. The Hall–Kier alpha value is -5.94. The van der Waals surface area contributed by atoms with Crippen LogP contribution in [0.4, 0.5) is 29.3 Å². The van der Waals surface area contributed by atoms with E-state index < -0.39 is 27.4 Å². The largest absolute Gasteiger partial charge is 0.497 e. The molecule has 3 aromatic carbocycles. The number of aromatic nitrogens is 2. The van der Waals surface area contributed by atoms with Gasteiger partial charge in [-0.2, -0.15) is 13.2 Å². The van der Waals surface area contributed by atoms with E-state index in [-0.39, 0.29) is 17.2 Å². The molecule has 0 atom stereocenters. The number of halogens is 3. The van der Waals surface area contributed by atoms with Gasteiger partial charge in [0.2, 0.25) is 5.91 Å². The topological polar surface area (TPSA) is 165 Å². The van der Waals surface area contributed by atoms with E-state index in [9.17, 15) is 31.2 Å². The second-order valence-corrected chi connectivity index (χ2v) is 17.7. The number of carbonyl (C=O) groups is 3. The summed E-state index contributed by atoms with van der Waals surface area (Å²) < 4.78 is 61.1. The number of fused-ring (bicyclic) bond motifs is 4. The number of amides is 3. The van der Waals surface area contributed by atoms with Crippen LogP contribution in [-0.4, -0.2) is 109 Å². The number of hydrogen-bond donors (Lipinski definition) is 3. The summed E-state index contributed by atoms with van der Waals surface area (Å²) >= 11 is 0. The number of piperidine rings is 2. The van der Waals surface area contributed by atoms with Gasteiger partial charge in [0, 0.05) is 61.2 Å². The molecule has 2 aromatic heterocycles. The van der Waals surface area contributed by atoms with Crippen LogP contribution in [0.1, 0.15) is 36.8 Å². The fourth-order valence-corrected chi connectivity index (χ4v) is 9.59. The fourth-order valence-electron chi connectivity index (χ4n) is 8.52. The number of pyridine rings is 1. The molecule has 2 saturated heterocycles. The molecule has 3 aliphatic rings. The highest BCUT2D eigenvalue weighted by atomic mass is 32.2. The van der Waals surface area contributed by atoms with Crippen LogP contribution in [0.15, 0.2) is 85.1 Å². The Bertz CT molecular complexity index is 2510. The number of carboxylic acids is 1. The van der Waals surface area contributed by atoms with E-state index >= 15 is 0 Å². The standard InChI is InChI=1S/C41H44N6O5S.C2HF3O2/c1-45-33-25-42-38-35(36(33)41(39(45)48)18-22-47(23-19-41)40(49)43-30-10-7-11-31(24-30)52-2)34(28-8-5-4-6-9-28)37(44-38)29-14-12-27(13-15-29)26-46-20-16-32(17-21-46)53(3,50)51;3-2(4,5)1(6)7/h4-15,24-25,32H,16-23,26H2,1-3H3,(H,42,44)(H,43,49);(H,6,7). The number of sulfone groups is 1. The molecule has 5 aromatic rings. The van der Waals surface area contributed by atoms with Crippen molar-refractivity contribution in [2.24, 2.45) is 0 Å². The van der Waals surface area contributed by atoms with Gasteiger partial charge < -0.3 is 29.9 Å². The van der Waals surface area contributed by atoms with Crippen molar-refractivity contribution in [3.63, 3.8) is 0 Å². The minimum Gasteiger partial charge on any atom is -0.497 e.